The number of amides is 1. The van der Waals surface area contributed by atoms with Gasteiger partial charge >= 0.3 is 0 Å². The van der Waals surface area contributed by atoms with Gasteiger partial charge in [0.1, 0.15) is 5.82 Å². The van der Waals surface area contributed by atoms with Crippen LogP contribution >= 0.6 is 0 Å². The number of aliphatic hydroxyl groups excluding tert-OH is 1. The van der Waals surface area contributed by atoms with Gasteiger partial charge in [-0.05, 0) is 38.0 Å². The summed E-state index contributed by atoms with van der Waals surface area (Å²) >= 11 is 0. The Balaban J connectivity index is 2.78. The molecule has 17 heavy (non-hydrogen) atoms. The van der Waals surface area contributed by atoms with E-state index in [1.165, 1.54) is 17.0 Å². The van der Waals surface area contributed by atoms with Crippen LogP contribution in [0.5, 0.6) is 0 Å². The molecule has 1 unspecified atom stereocenters. The molecule has 4 heteroatoms. The zero-order chi connectivity index (χ0) is 13.0. The molecule has 0 saturated carbocycles. The van der Waals surface area contributed by atoms with Gasteiger partial charge in [0.15, 0.2) is 0 Å². The minimum Gasteiger partial charge on any atom is -0.393 e. The van der Waals surface area contributed by atoms with E-state index in [0.29, 0.717) is 18.5 Å². The second-order valence-corrected chi connectivity index (χ2v) is 4.32. The van der Waals surface area contributed by atoms with Crippen molar-refractivity contribution in [2.45, 2.75) is 26.4 Å². The molecule has 0 aliphatic heterocycles. The summed E-state index contributed by atoms with van der Waals surface area (Å²) in [5.41, 5.74) is 1.12. The summed E-state index contributed by atoms with van der Waals surface area (Å²) in [5, 5.41) is 9.15. The van der Waals surface area contributed by atoms with E-state index in [-0.39, 0.29) is 5.91 Å². The van der Waals surface area contributed by atoms with Crippen molar-refractivity contribution in [3.05, 3.63) is 35.1 Å². The van der Waals surface area contributed by atoms with E-state index in [1.807, 2.05) is 0 Å². The number of nitrogens with zero attached hydrogens (tertiary/aromatic N) is 1. The van der Waals surface area contributed by atoms with E-state index in [4.69, 9.17) is 5.11 Å². The molecule has 3 nitrogen and oxygen atoms in total. The van der Waals surface area contributed by atoms with Crippen molar-refractivity contribution in [1.29, 1.82) is 0 Å². The lowest BCUT2D eigenvalue weighted by Gasteiger charge is -2.19. The monoisotopic (exact) mass is 239 g/mol. The summed E-state index contributed by atoms with van der Waals surface area (Å²) in [6, 6.07) is 4.17. The van der Waals surface area contributed by atoms with Crippen LogP contribution < -0.4 is 0 Å². The van der Waals surface area contributed by atoms with E-state index in [1.54, 1.807) is 27.0 Å². The van der Waals surface area contributed by atoms with E-state index >= 15 is 0 Å². The van der Waals surface area contributed by atoms with Gasteiger partial charge in [0, 0.05) is 19.2 Å². The van der Waals surface area contributed by atoms with Crippen LogP contribution in [0, 0.1) is 12.7 Å². The Labute approximate surface area is 101 Å². The highest BCUT2D eigenvalue weighted by molar-refractivity contribution is 5.95. The number of carbonyl (C=O) groups is 1. The van der Waals surface area contributed by atoms with E-state index in [9.17, 15) is 9.18 Å². The second-order valence-electron chi connectivity index (χ2n) is 4.32. The fourth-order valence-electron chi connectivity index (χ4n) is 1.51. The number of rotatable bonds is 4. The maximum atomic E-state index is 13.1. The Bertz CT molecular complexity index is 404. The summed E-state index contributed by atoms with van der Waals surface area (Å²) < 4.78 is 13.1. The molecule has 0 spiro atoms. The van der Waals surface area contributed by atoms with Crippen LogP contribution in [-0.4, -0.2) is 35.6 Å². The maximum absolute atomic E-state index is 13.1. The van der Waals surface area contributed by atoms with Gasteiger partial charge in [0.2, 0.25) is 0 Å². The average molecular weight is 239 g/mol. The Morgan fingerprint density at radius 1 is 1.53 bits per heavy atom. The minimum absolute atomic E-state index is 0.220. The molecule has 94 valence electrons. The third-order valence-corrected chi connectivity index (χ3v) is 2.66. The first-order valence-corrected chi connectivity index (χ1v) is 5.61. The quantitative estimate of drug-likeness (QED) is 0.872. The zero-order valence-corrected chi connectivity index (χ0v) is 10.4. The number of aryl methyl sites for hydroxylation is 1. The number of benzene rings is 1. The topological polar surface area (TPSA) is 40.5 Å². The summed E-state index contributed by atoms with van der Waals surface area (Å²) in [4.78, 5) is 13.5. The minimum atomic E-state index is -0.446. The Hall–Kier alpha value is -1.42. The van der Waals surface area contributed by atoms with Gasteiger partial charge in [0.25, 0.3) is 5.91 Å². The zero-order valence-electron chi connectivity index (χ0n) is 10.4. The van der Waals surface area contributed by atoms with E-state index in [2.05, 4.69) is 0 Å². The standard InChI is InChI=1S/C13H18FNO2/c1-9-4-5-11(14)8-12(9)13(17)15(3)7-6-10(2)16/h4-5,8,10,16H,6-7H2,1-3H3. The predicted octanol–water partition coefficient (Wildman–Crippen LogP) is 1.98. The van der Waals surface area contributed by atoms with Crippen LogP contribution in [0.1, 0.15) is 29.3 Å². The first kappa shape index (κ1) is 13.6. The fourth-order valence-corrected chi connectivity index (χ4v) is 1.51. The van der Waals surface area contributed by atoms with Crippen molar-refractivity contribution in [2.75, 3.05) is 13.6 Å². The molecule has 0 aliphatic carbocycles. The number of hydrogen-bond donors (Lipinski definition) is 1. The largest absolute Gasteiger partial charge is 0.393 e. The lowest BCUT2D eigenvalue weighted by atomic mass is 10.1. The Morgan fingerprint density at radius 3 is 2.76 bits per heavy atom. The molecule has 0 aliphatic rings. The molecular formula is C13H18FNO2. The van der Waals surface area contributed by atoms with Crippen LogP contribution in [0.15, 0.2) is 18.2 Å². The average Bonchev–Trinajstić information content (AvgIpc) is 2.28. The van der Waals surface area contributed by atoms with E-state index < -0.39 is 11.9 Å². The normalized spacial score (nSPS) is 12.3. The SMILES string of the molecule is Cc1ccc(F)cc1C(=O)N(C)CCC(C)O. The van der Waals surface area contributed by atoms with Gasteiger partial charge in [0.05, 0.1) is 6.10 Å². The molecular weight excluding hydrogens is 221 g/mol. The van der Waals surface area contributed by atoms with Gasteiger partial charge < -0.3 is 10.0 Å². The lowest BCUT2D eigenvalue weighted by Crippen LogP contribution is -2.30. The smallest absolute Gasteiger partial charge is 0.253 e. The van der Waals surface area contributed by atoms with Crippen molar-refractivity contribution in [2.24, 2.45) is 0 Å². The molecule has 1 N–H and O–H groups in total. The van der Waals surface area contributed by atoms with Gasteiger partial charge in [-0.15, -0.1) is 0 Å². The van der Waals surface area contributed by atoms with Crippen LogP contribution in [0.3, 0.4) is 0 Å². The number of aliphatic hydroxyl groups is 1. The molecule has 0 aromatic heterocycles. The summed E-state index contributed by atoms with van der Waals surface area (Å²) in [6.45, 7) is 3.90. The van der Waals surface area contributed by atoms with Gasteiger partial charge in [-0.2, -0.15) is 0 Å². The molecule has 0 fully saturated rings. The number of carbonyl (C=O) groups excluding carboxylic acids is 1. The summed E-state index contributed by atoms with van der Waals surface area (Å²) in [6.07, 6.45) is 0.0650. The Morgan fingerprint density at radius 2 is 2.18 bits per heavy atom. The summed E-state index contributed by atoms with van der Waals surface area (Å²) in [7, 11) is 1.65. The third-order valence-electron chi connectivity index (χ3n) is 2.66. The first-order chi connectivity index (χ1) is 7.91. The van der Waals surface area contributed by atoms with Crippen LogP contribution in [0.4, 0.5) is 4.39 Å². The van der Waals surface area contributed by atoms with Crippen molar-refractivity contribution < 1.29 is 14.3 Å². The van der Waals surface area contributed by atoms with Crippen molar-refractivity contribution in [1.82, 2.24) is 4.90 Å². The molecule has 0 radical (unpaired) electrons. The highest BCUT2D eigenvalue weighted by atomic mass is 19.1. The first-order valence-electron chi connectivity index (χ1n) is 5.61. The second kappa shape index (κ2) is 5.77. The number of hydrogen-bond acceptors (Lipinski definition) is 2. The van der Waals surface area contributed by atoms with Crippen LogP contribution in [0.25, 0.3) is 0 Å². The molecule has 1 amide bonds. The van der Waals surface area contributed by atoms with Gasteiger partial charge in [-0.1, -0.05) is 6.07 Å². The lowest BCUT2D eigenvalue weighted by molar-refractivity contribution is 0.0768. The van der Waals surface area contributed by atoms with Crippen LogP contribution in [0.2, 0.25) is 0 Å². The third kappa shape index (κ3) is 3.82. The molecule has 0 saturated heterocycles. The Kier molecular flexibility index (Phi) is 4.63. The highest BCUT2D eigenvalue weighted by Gasteiger charge is 2.15. The molecule has 1 atom stereocenters. The summed E-state index contributed by atoms with van der Waals surface area (Å²) in [5.74, 6) is -0.634. The predicted molar refractivity (Wildman–Crippen MR) is 64.4 cm³/mol. The number of halogens is 1. The van der Waals surface area contributed by atoms with Gasteiger partial charge in [-0.25, -0.2) is 4.39 Å². The fraction of sp³-hybridized carbons (Fsp3) is 0.462. The molecule has 1 rings (SSSR count). The van der Waals surface area contributed by atoms with Crippen molar-refractivity contribution in [3.63, 3.8) is 0 Å². The van der Waals surface area contributed by atoms with Crippen molar-refractivity contribution >= 4 is 5.91 Å². The molecule has 1 aromatic rings. The highest BCUT2D eigenvalue weighted by Crippen LogP contribution is 2.12. The maximum Gasteiger partial charge on any atom is 0.253 e. The van der Waals surface area contributed by atoms with Gasteiger partial charge in [-0.3, -0.25) is 4.79 Å². The molecule has 0 heterocycles. The molecule has 0 bridgehead atoms. The van der Waals surface area contributed by atoms with E-state index in [0.717, 1.165) is 5.56 Å². The van der Waals surface area contributed by atoms with Crippen LogP contribution in [-0.2, 0) is 0 Å². The molecule has 1 aromatic carbocycles. The van der Waals surface area contributed by atoms with Crippen molar-refractivity contribution in [3.8, 4) is 0 Å².